The van der Waals surface area contributed by atoms with Crippen molar-refractivity contribution in [3.63, 3.8) is 0 Å². The van der Waals surface area contributed by atoms with E-state index in [2.05, 4.69) is 13.5 Å². The molecule has 2 aromatic rings. The topological polar surface area (TPSA) is 26.3 Å². The van der Waals surface area contributed by atoms with Crippen molar-refractivity contribution in [2.24, 2.45) is 0 Å². The van der Waals surface area contributed by atoms with Crippen molar-refractivity contribution >= 4 is 18.0 Å². The highest BCUT2D eigenvalue weighted by molar-refractivity contribution is 7.74. The van der Waals surface area contributed by atoms with Gasteiger partial charge in [0.1, 0.15) is 0 Å². The van der Waals surface area contributed by atoms with E-state index in [1.807, 2.05) is 60.7 Å². The van der Waals surface area contributed by atoms with Crippen LogP contribution in [0.15, 0.2) is 73.0 Å². The number of rotatable bonds is 9. The van der Waals surface area contributed by atoms with Crippen LogP contribution in [0.25, 0.3) is 0 Å². The predicted molar refractivity (Wildman–Crippen MR) is 98.7 cm³/mol. The smallest absolute Gasteiger partial charge is 0.306 e. The summed E-state index contributed by atoms with van der Waals surface area (Å²) in [6, 6.07) is 18.8. The first-order chi connectivity index (χ1) is 11.2. The lowest BCUT2D eigenvalue weighted by Gasteiger charge is -2.21. The average molecular weight is 328 g/mol. The minimum Gasteiger partial charge on any atom is -0.442 e. The molecular formula is C20H25O2P. The van der Waals surface area contributed by atoms with Gasteiger partial charge in [0.25, 0.3) is 0 Å². The molecule has 2 aromatic carbocycles. The fraction of sp³-hybridized carbons (Fsp3) is 0.300. The van der Waals surface area contributed by atoms with Crippen molar-refractivity contribution in [3.05, 3.63) is 73.0 Å². The molecule has 0 aromatic heterocycles. The van der Waals surface area contributed by atoms with Gasteiger partial charge in [-0.25, -0.2) is 0 Å². The zero-order valence-electron chi connectivity index (χ0n) is 13.8. The molecule has 0 saturated carbocycles. The molecule has 3 heteroatoms. The van der Waals surface area contributed by atoms with E-state index in [0.717, 1.165) is 19.3 Å². The standard InChI is InChI=1S/C20H25O2P/c1-3-4-5-8-13-18(2)22-23(21,19-14-9-6-10-15-19)20-16-11-7-12-17-20/h6-7,9-12,14-17H,2-5,8,13H2,1H3. The summed E-state index contributed by atoms with van der Waals surface area (Å²) >= 11 is 0. The maximum absolute atomic E-state index is 13.6. The van der Waals surface area contributed by atoms with Crippen molar-refractivity contribution in [2.75, 3.05) is 0 Å². The normalized spacial score (nSPS) is 11.2. The van der Waals surface area contributed by atoms with Crippen LogP contribution < -0.4 is 10.6 Å². The third-order valence-electron chi connectivity index (χ3n) is 3.76. The van der Waals surface area contributed by atoms with Gasteiger partial charge in [0.05, 0.1) is 16.4 Å². The number of hydrogen-bond acceptors (Lipinski definition) is 2. The molecule has 0 N–H and O–H groups in total. The first-order valence-electron chi connectivity index (χ1n) is 8.25. The highest BCUT2D eigenvalue weighted by atomic mass is 31.2. The summed E-state index contributed by atoms with van der Waals surface area (Å²) in [5, 5.41) is 1.42. The second kappa shape index (κ2) is 8.74. The van der Waals surface area contributed by atoms with Crippen LogP contribution in [-0.4, -0.2) is 0 Å². The molecule has 23 heavy (non-hydrogen) atoms. The van der Waals surface area contributed by atoms with Gasteiger partial charge in [-0.3, -0.25) is 4.57 Å². The second-order valence-corrected chi connectivity index (χ2v) is 7.98. The Morgan fingerprint density at radius 2 is 1.43 bits per heavy atom. The molecule has 0 atom stereocenters. The van der Waals surface area contributed by atoms with Gasteiger partial charge in [0.15, 0.2) is 0 Å². The van der Waals surface area contributed by atoms with Gasteiger partial charge in [-0.15, -0.1) is 0 Å². The van der Waals surface area contributed by atoms with E-state index in [0.29, 0.717) is 16.4 Å². The van der Waals surface area contributed by atoms with Crippen LogP contribution >= 0.6 is 7.37 Å². The summed E-state index contributed by atoms with van der Waals surface area (Å²) in [5.74, 6) is 0.608. The first-order valence-corrected chi connectivity index (χ1v) is 9.88. The molecule has 0 spiro atoms. The van der Waals surface area contributed by atoms with Crippen LogP contribution in [0.5, 0.6) is 0 Å². The van der Waals surface area contributed by atoms with Gasteiger partial charge in [-0.2, -0.15) is 0 Å². The van der Waals surface area contributed by atoms with Crippen LogP contribution in [0.2, 0.25) is 0 Å². The summed E-state index contributed by atoms with van der Waals surface area (Å²) in [6.45, 7) is 6.18. The molecule has 0 unspecified atom stereocenters. The molecule has 2 rings (SSSR count). The van der Waals surface area contributed by atoms with Gasteiger partial charge >= 0.3 is 7.37 Å². The lowest BCUT2D eigenvalue weighted by molar-refractivity contribution is 0.399. The van der Waals surface area contributed by atoms with E-state index in [-0.39, 0.29) is 0 Å². The molecule has 0 aliphatic carbocycles. The Balaban J connectivity index is 2.19. The molecule has 0 bridgehead atoms. The van der Waals surface area contributed by atoms with Crippen LogP contribution in [0.4, 0.5) is 0 Å². The van der Waals surface area contributed by atoms with Crippen molar-refractivity contribution in [2.45, 2.75) is 39.0 Å². The Morgan fingerprint density at radius 3 is 1.91 bits per heavy atom. The maximum atomic E-state index is 13.6. The highest BCUT2D eigenvalue weighted by Crippen LogP contribution is 2.47. The summed E-state index contributed by atoms with van der Waals surface area (Å²) in [7, 11) is -3.14. The highest BCUT2D eigenvalue weighted by Gasteiger charge is 2.30. The Hall–Kier alpha value is -1.79. The maximum Gasteiger partial charge on any atom is 0.306 e. The molecule has 0 saturated heterocycles. The average Bonchev–Trinajstić information content (AvgIpc) is 2.60. The van der Waals surface area contributed by atoms with Gasteiger partial charge in [-0.1, -0.05) is 69.2 Å². The Kier molecular flexibility index (Phi) is 6.67. The predicted octanol–water partition coefficient (Wildman–Crippen LogP) is 5.42. The van der Waals surface area contributed by atoms with Crippen molar-refractivity contribution < 1.29 is 9.09 Å². The molecule has 0 aliphatic rings. The van der Waals surface area contributed by atoms with Crippen molar-refractivity contribution in [3.8, 4) is 0 Å². The molecule has 0 aliphatic heterocycles. The lowest BCUT2D eigenvalue weighted by Crippen LogP contribution is -2.17. The fourth-order valence-electron chi connectivity index (χ4n) is 2.48. The Bertz CT molecular complexity index is 606. The van der Waals surface area contributed by atoms with E-state index in [1.165, 1.54) is 12.8 Å². The SMILES string of the molecule is C=C(CCCCCC)OP(=O)(c1ccccc1)c1ccccc1. The second-order valence-electron chi connectivity index (χ2n) is 5.66. The summed E-state index contributed by atoms with van der Waals surface area (Å²) in [5.41, 5.74) is 0. The number of unbranched alkanes of at least 4 members (excludes halogenated alkanes) is 3. The zero-order valence-corrected chi connectivity index (χ0v) is 14.7. The van der Waals surface area contributed by atoms with E-state index in [9.17, 15) is 4.57 Å². The minimum absolute atomic E-state index is 0.608. The van der Waals surface area contributed by atoms with E-state index < -0.39 is 7.37 Å². The molecule has 0 fully saturated rings. The third kappa shape index (κ3) is 4.84. The van der Waals surface area contributed by atoms with Gasteiger partial charge < -0.3 is 4.52 Å². The van der Waals surface area contributed by atoms with Crippen LogP contribution in [-0.2, 0) is 9.09 Å². The van der Waals surface area contributed by atoms with Crippen LogP contribution in [0.1, 0.15) is 39.0 Å². The number of allylic oxidation sites excluding steroid dienone is 1. The van der Waals surface area contributed by atoms with Gasteiger partial charge in [0, 0.05) is 6.42 Å². The fourth-order valence-corrected chi connectivity index (χ4v) is 4.57. The zero-order chi connectivity index (χ0) is 16.5. The van der Waals surface area contributed by atoms with Gasteiger partial charge in [0.2, 0.25) is 0 Å². The molecule has 0 amide bonds. The molecule has 122 valence electrons. The Morgan fingerprint density at radius 1 is 0.913 bits per heavy atom. The third-order valence-corrected chi connectivity index (χ3v) is 6.23. The van der Waals surface area contributed by atoms with Crippen molar-refractivity contribution in [1.82, 2.24) is 0 Å². The lowest BCUT2D eigenvalue weighted by atomic mass is 10.1. The van der Waals surface area contributed by atoms with Crippen LogP contribution in [0, 0.1) is 0 Å². The first kappa shape index (κ1) is 17.6. The monoisotopic (exact) mass is 328 g/mol. The summed E-state index contributed by atoms with van der Waals surface area (Å²) in [4.78, 5) is 0. The number of benzene rings is 2. The summed E-state index contributed by atoms with van der Waals surface area (Å²) < 4.78 is 19.6. The van der Waals surface area contributed by atoms with E-state index in [1.54, 1.807) is 0 Å². The van der Waals surface area contributed by atoms with E-state index in [4.69, 9.17) is 4.52 Å². The van der Waals surface area contributed by atoms with Crippen LogP contribution in [0.3, 0.4) is 0 Å². The molecule has 2 nitrogen and oxygen atoms in total. The van der Waals surface area contributed by atoms with Crippen molar-refractivity contribution in [1.29, 1.82) is 0 Å². The minimum atomic E-state index is -3.14. The molecule has 0 heterocycles. The molecular weight excluding hydrogens is 303 g/mol. The molecule has 0 radical (unpaired) electrons. The van der Waals surface area contributed by atoms with Gasteiger partial charge in [-0.05, 0) is 30.7 Å². The Labute approximate surface area is 139 Å². The largest absolute Gasteiger partial charge is 0.442 e. The quantitative estimate of drug-likeness (QED) is 0.349. The number of hydrogen-bond donors (Lipinski definition) is 0. The summed E-state index contributed by atoms with van der Waals surface area (Å²) in [6.07, 6.45) is 5.34. The van der Waals surface area contributed by atoms with E-state index >= 15 is 0 Å².